The Hall–Kier alpha value is -3.52. The molecular weight excluding hydrogens is 492 g/mol. The zero-order valence-electron chi connectivity index (χ0n) is 23.1. The summed E-state index contributed by atoms with van der Waals surface area (Å²) >= 11 is 0. The van der Waals surface area contributed by atoms with Crippen molar-refractivity contribution in [2.24, 2.45) is 11.8 Å². The number of hydrogen-bond acceptors (Lipinski definition) is 5. The van der Waals surface area contributed by atoms with E-state index in [0.717, 1.165) is 42.5 Å². The molecule has 3 aliphatic heterocycles. The number of benzene rings is 2. The molecule has 1 aromatic heterocycles. The summed E-state index contributed by atoms with van der Waals surface area (Å²) in [6.45, 7) is 11.2. The van der Waals surface area contributed by atoms with Gasteiger partial charge in [0.1, 0.15) is 11.2 Å². The Morgan fingerprint density at radius 2 is 1.82 bits per heavy atom. The van der Waals surface area contributed by atoms with Gasteiger partial charge in [-0.1, -0.05) is 38.1 Å². The molecule has 1 saturated heterocycles. The minimum Gasteiger partial charge on any atom is -0.454 e. The molecule has 0 spiro atoms. The molecular formula is C31H38N4O4. The lowest BCUT2D eigenvalue weighted by Crippen LogP contribution is -2.63. The van der Waals surface area contributed by atoms with Gasteiger partial charge < -0.3 is 29.2 Å². The van der Waals surface area contributed by atoms with Crippen molar-refractivity contribution in [3.8, 4) is 11.5 Å². The van der Waals surface area contributed by atoms with Crippen LogP contribution in [0.2, 0.25) is 0 Å². The number of carbonyl (C=O) groups is 2. The standard InChI is InChI=1S/C31H38N4O4/c1-21-13-22(2)17-33(16-21)12-6-11-32-30(37)31(3)19-34-25-8-5-4-7-24(25)15-26(34)29(36)35(31)18-23-9-10-27-28(14-23)39-20-38-27/h4-5,7-10,14-15,21-22H,6,11-13,16-20H2,1-3H3,(H,32,37). The number of hydrogen-bond donors (Lipinski definition) is 1. The molecule has 206 valence electrons. The SMILES string of the molecule is CC1CC(C)CN(CCCNC(=O)C2(C)Cn3c(cc4ccccc43)C(=O)N2Cc2ccc3c(c2)OCO3)C1. The summed E-state index contributed by atoms with van der Waals surface area (Å²) in [6.07, 6.45) is 2.17. The van der Waals surface area contributed by atoms with Gasteiger partial charge in [-0.3, -0.25) is 9.59 Å². The van der Waals surface area contributed by atoms with Gasteiger partial charge in [0.2, 0.25) is 12.7 Å². The molecule has 6 rings (SSSR count). The summed E-state index contributed by atoms with van der Waals surface area (Å²) in [7, 11) is 0. The molecule has 39 heavy (non-hydrogen) atoms. The largest absolute Gasteiger partial charge is 0.454 e. The summed E-state index contributed by atoms with van der Waals surface area (Å²) in [5, 5.41) is 4.19. The number of rotatable bonds is 7. The van der Waals surface area contributed by atoms with E-state index in [4.69, 9.17) is 9.47 Å². The fraction of sp³-hybridized carbons (Fsp3) is 0.484. The van der Waals surface area contributed by atoms with Gasteiger partial charge in [-0.05, 0) is 68.0 Å². The Morgan fingerprint density at radius 1 is 1.05 bits per heavy atom. The second-order valence-electron chi connectivity index (χ2n) is 11.8. The average Bonchev–Trinajstić information content (AvgIpc) is 3.53. The molecule has 3 aromatic rings. The molecule has 0 radical (unpaired) electrons. The van der Waals surface area contributed by atoms with Crippen molar-refractivity contribution in [2.75, 3.05) is 33.0 Å². The van der Waals surface area contributed by atoms with Crippen molar-refractivity contribution in [1.82, 2.24) is 19.7 Å². The third-order valence-corrected chi connectivity index (χ3v) is 8.48. The van der Waals surface area contributed by atoms with E-state index >= 15 is 0 Å². The summed E-state index contributed by atoms with van der Waals surface area (Å²) in [5.74, 6) is 2.52. The number of nitrogens with one attached hydrogen (secondary N) is 1. The molecule has 0 saturated carbocycles. The van der Waals surface area contributed by atoms with Gasteiger partial charge in [0, 0.05) is 37.1 Å². The first-order valence-electron chi connectivity index (χ1n) is 14.1. The van der Waals surface area contributed by atoms with Crippen LogP contribution in [-0.4, -0.2) is 64.7 Å². The third kappa shape index (κ3) is 4.86. The fourth-order valence-electron chi connectivity index (χ4n) is 6.65. The van der Waals surface area contributed by atoms with Crippen molar-refractivity contribution in [2.45, 2.75) is 52.2 Å². The monoisotopic (exact) mass is 530 g/mol. The number of carbonyl (C=O) groups excluding carboxylic acids is 2. The van der Waals surface area contributed by atoms with E-state index in [1.54, 1.807) is 4.90 Å². The zero-order valence-corrected chi connectivity index (χ0v) is 23.1. The molecule has 8 nitrogen and oxygen atoms in total. The zero-order chi connectivity index (χ0) is 27.1. The van der Waals surface area contributed by atoms with Crippen molar-refractivity contribution in [1.29, 1.82) is 0 Å². The fourth-order valence-corrected chi connectivity index (χ4v) is 6.65. The molecule has 0 bridgehead atoms. The van der Waals surface area contributed by atoms with Crippen molar-refractivity contribution in [3.63, 3.8) is 0 Å². The molecule has 8 heteroatoms. The number of piperidine rings is 1. The normalized spacial score (nSPS) is 24.7. The molecule has 3 aliphatic rings. The highest BCUT2D eigenvalue weighted by Gasteiger charge is 2.47. The van der Waals surface area contributed by atoms with E-state index in [2.05, 4.69) is 24.1 Å². The summed E-state index contributed by atoms with van der Waals surface area (Å²) in [5.41, 5.74) is 1.41. The van der Waals surface area contributed by atoms with Crippen LogP contribution in [0.4, 0.5) is 0 Å². The number of nitrogens with zero attached hydrogens (tertiary/aromatic N) is 3. The second kappa shape index (κ2) is 10.2. The van der Waals surface area contributed by atoms with Crippen molar-refractivity contribution in [3.05, 3.63) is 59.8 Å². The highest BCUT2D eigenvalue weighted by molar-refractivity contribution is 6.03. The lowest BCUT2D eigenvalue weighted by molar-refractivity contribution is -0.133. The van der Waals surface area contributed by atoms with Gasteiger partial charge in [-0.15, -0.1) is 0 Å². The van der Waals surface area contributed by atoms with Crippen LogP contribution in [0.3, 0.4) is 0 Å². The van der Waals surface area contributed by atoms with Gasteiger partial charge in [-0.25, -0.2) is 0 Å². The van der Waals surface area contributed by atoms with Crippen molar-refractivity contribution < 1.29 is 19.1 Å². The van der Waals surface area contributed by atoms with E-state index < -0.39 is 5.54 Å². The van der Waals surface area contributed by atoms with Crippen LogP contribution in [0.1, 0.15) is 49.7 Å². The Labute approximate surface area is 229 Å². The molecule has 2 aromatic carbocycles. The number of aromatic nitrogens is 1. The first-order valence-corrected chi connectivity index (χ1v) is 14.1. The van der Waals surface area contributed by atoms with Crippen LogP contribution in [0.5, 0.6) is 11.5 Å². The Bertz CT molecular complexity index is 1390. The average molecular weight is 531 g/mol. The molecule has 1 fully saturated rings. The molecule has 0 aliphatic carbocycles. The van der Waals surface area contributed by atoms with Crippen LogP contribution in [0.15, 0.2) is 48.5 Å². The van der Waals surface area contributed by atoms with E-state index in [-0.39, 0.29) is 18.6 Å². The first-order chi connectivity index (χ1) is 18.8. The maximum atomic E-state index is 14.0. The predicted molar refractivity (Wildman–Crippen MR) is 150 cm³/mol. The van der Waals surface area contributed by atoms with Crippen LogP contribution < -0.4 is 14.8 Å². The minimum absolute atomic E-state index is 0.125. The molecule has 4 heterocycles. The Kier molecular flexibility index (Phi) is 6.75. The number of likely N-dealkylation sites (tertiary alicyclic amines) is 1. The Morgan fingerprint density at radius 3 is 2.64 bits per heavy atom. The maximum Gasteiger partial charge on any atom is 0.271 e. The van der Waals surface area contributed by atoms with Crippen LogP contribution in [0, 0.1) is 11.8 Å². The molecule has 3 unspecified atom stereocenters. The van der Waals surface area contributed by atoms with E-state index in [0.29, 0.717) is 48.7 Å². The maximum absolute atomic E-state index is 14.0. The summed E-state index contributed by atoms with van der Waals surface area (Å²) in [6, 6.07) is 15.6. The quantitative estimate of drug-likeness (QED) is 0.462. The number of fused-ring (bicyclic) bond motifs is 4. The van der Waals surface area contributed by atoms with E-state index in [1.807, 2.05) is 60.0 Å². The lowest BCUT2D eigenvalue weighted by atomic mass is 9.92. The Balaban J connectivity index is 1.23. The highest BCUT2D eigenvalue weighted by atomic mass is 16.7. The third-order valence-electron chi connectivity index (χ3n) is 8.48. The highest BCUT2D eigenvalue weighted by Crippen LogP contribution is 2.36. The topological polar surface area (TPSA) is 76.0 Å². The number of para-hydroxylation sites is 1. The van der Waals surface area contributed by atoms with Gasteiger partial charge in [0.25, 0.3) is 5.91 Å². The van der Waals surface area contributed by atoms with Crippen LogP contribution in [-0.2, 0) is 17.9 Å². The van der Waals surface area contributed by atoms with Gasteiger partial charge >= 0.3 is 0 Å². The van der Waals surface area contributed by atoms with Crippen LogP contribution in [0.25, 0.3) is 10.9 Å². The van der Waals surface area contributed by atoms with E-state index in [9.17, 15) is 9.59 Å². The van der Waals surface area contributed by atoms with Gasteiger partial charge in [0.05, 0.1) is 6.54 Å². The molecule has 3 atom stereocenters. The molecule has 1 N–H and O–H groups in total. The van der Waals surface area contributed by atoms with Gasteiger partial charge in [-0.2, -0.15) is 0 Å². The predicted octanol–water partition coefficient (Wildman–Crippen LogP) is 4.27. The lowest BCUT2D eigenvalue weighted by Gasteiger charge is -2.44. The summed E-state index contributed by atoms with van der Waals surface area (Å²) < 4.78 is 13.0. The first kappa shape index (κ1) is 25.7. The van der Waals surface area contributed by atoms with Crippen LogP contribution >= 0.6 is 0 Å². The second-order valence-corrected chi connectivity index (χ2v) is 11.8. The summed E-state index contributed by atoms with van der Waals surface area (Å²) in [4.78, 5) is 32.1. The molecule has 2 amide bonds. The van der Waals surface area contributed by atoms with Gasteiger partial charge in [0.15, 0.2) is 11.5 Å². The number of amides is 2. The minimum atomic E-state index is -1.06. The van der Waals surface area contributed by atoms with Crippen molar-refractivity contribution >= 4 is 22.7 Å². The van der Waals surface area contributed by atoms with E-state index in [1.165, 1.54) is 6.42 Å². The smallest absolute Gasteiger partial charge is 0.271 e. The number of ether oxygens (including phenoxy) is 2.